The van der Waals surface area contributed by atoms with Crippen LogP contribution in [0.5, 0.6) is 0 Å². The molecule has 3 N–H and O–H groups in total. The third kappa shape index (κ3) is 3.83. The molecule has 1 saturated heterocycles. The lowest BCUT2D eigenvalue weighted by atomic mass is 10.2. The molecule has 1 aliphatic rings. The lowest BCUT2D eigenvalue weighted by Crippen LogP contribution is -2.22. The summed E-state index contributed by atoms with van der Waals surface area (Å²) >= 11 is 0. The number of ether oxygens (including phenoxy) is 1. The molecule has 1 aliphatic heterocycles. The summed E-state index contributed by atoms with van der Waals surface area (Å²) in [5, 5.41) is 9.88. The van der Waals surface area contributed by atoms with Gasteiger partial charge in [-0.15, -0.1) is 0 Å². The van der Waals surface area contributed by atoms with Crippen LogP contribution in [0, 0.1) is 0 Å². The second-order valence-electron chi connectivity index (χ2n) is 4.04. The van der Waals surface area contributed by atoms with E-state index in [1.165, 1.54) is 0 Å². The molecule has 1 fully saturated rings. The minimum atomic E-state index is 0.469. The number of aromatic nitrogens is 2. The largest absolute Gasteiger partial charge is 0.383 e. The molecule has 0 amide bonds. The molecule has 0 saturated carbocycles. The molecule has 0 radical (unpaired) electrons. The Kier molecular flexibility index (Phi) is 4.52. The molecule has 1 aromatic heterocycles. The van der Waals surface area contributed by atoms with Gasteiger partial charge in [-0.1, -0.05) is 0 Å². The standard InChI is InChI=1S/C11H19N5O/c1-17-5-4-13-10-6-11(15-8-14-10)16-9-2-3-12-7-9/h6,8-9,12H,2-5,7H2,1H3,(H2,13,14,15,16)/t9-/m0/s1. The maximum Gasteiger partial charge on any atom is 0.131 e. The van der Waals surface area contributed by atoms with Crippen LogP contribution in [0.25, 0.3) is 0 Å². The van der Waals surface area contributed by atoms with E-state index >= 15 is 0 Å². The zero-order valence-corrected chi connectivity index (χ0v) is 10.1. The van der Waals surface area contributed by atoms with Crippen LogP contribution in [-0.2, 0) is 4.74 Å². The van der Waals surface area contributed by atoms with Crippen molar-refractivity contribution >= 4 is 11.6 Å². The number of rotatable bonds is 6. The van der Waals surface area contributed by atoms with Gasteiger partial charge in [-0.05, 0) is 13.0 Å². The number of anilines is 2. The van der Waals surface area contributed by atoms with Crippen LogP contribution in [0.2, 0.25) is 0 Å². The predicted molar refractivity (Wildman–Crippen MR) is 67.3 cm³/mol. The zero-order valence-electron chi connectivity index (χ0n) is 10.1. The van der Waals surface area contributed by atoms with E-state index in [2.05, 4.69) is 25.9 Å². The molecule has 2 heterocycles. The molecule has 0 unspecified atom stereocenters. The average Bonchev–Trinajstić information content (AvgIpc) is 2.83. The molecule has 6 nitrogen and oxygen atoms in total. The minimum absolute atomic E-state index is 0.469. The van der Waals surface area contributed by atoms with E-state index in [-0.39, 0.29) is 0 Å². The van der Waals surface area contributed by atoms with Gasteiger partial charge >= 0.3 is 0 Å². The second kappa shape index (κ2) is 6.36. The Bertz CT molecular complexity index is 340. The highest BCUT2D eigenvalue weighted by molar-refractivity contribution is 5.47. The molecule has 0 spiro atoms. The van der Waals surface area contributed by atoms with Gasteiger partial charge in [-0.25, -0.2) is 9.97 Å². The Morgan fingerprint density at radius 1 is 1.47 bits per heavy atom. The summed E-state index contributed by atoms with van der Waals surface area (Å²) in [6, 6.07) is 2.39. The van der Waals surface area contributed by atoms with Gasteiger partial charge in [0, 0.05) is 32.3 Å². The summed E-state index contributed by atoms with van der Waals surface area (Å²) in [6.45, 7) is 3.48. The fraction of sp³-hybridized carbons (Fsp3) is 0.636. The summed E-state index contributed by atoms with van der Waals surface area (Å²) in [7, 11) is 1.68. The van der Waals surface area contributed by atoms with Gasteiger partial charge in [0.25, 0.3) is 0 Å². The first-order valence-electron chi connectivity index (χ1n) is 5.90. The van der Waals surface area contributed by atoms with Gasteiger partial charge < -0.3 is 20.7 Å². The molecule has 1 atom stereocenters. The van der Waals surface area contributed by atoms with Crippen molar-refractivity contribution in [3.8, 4) is 0 Å². The van der Waals surface area contributed by atoms with Gasteiger partial charge in [-0.3, -0.25) is 0 Å². The summed E-state index contributed by atoms with van der Waals surface area (Å²) in [5.41, 5.74) is 0. The molecule has 2 rings (SSSR count). The Morgan fingerprint density at radius 2 is 2.35 bits per heavy atom. The summed E-state index contributed by atoms with van der Waals surface area (Å²) in [6.07, 6.45) is 2.70. The lowest BCUT2D eigenvalue weighted by Gasteiger charge is -2.12. The summed E-state index contributed by atoms with van der Waals surface area (Å²) in [4.78, 5) is 8.36. The minimum Gasteiger partial charge on any atom is -0.383 e. The molecule has 0 aliphatic carbocycles. The monoisotopic (exact) mass is 237 g/mol. The van der Waals surface area contributed by atoms with E-state index in [9.17, 15) is 0 Å². The van der Waals surface area contributed by atoms with E-state index in [1.807, 2.05) is 6.07 Å². The van der Waals surface area contributed by atoms with E-state index in [4.69, 9.17) is 4.74 Å². The van der Waals surface area contributed by atoms with Crippen LogP contribution in [0.3, 0.4) is 0 Å². The smallest absolute Gasteiger partial charge is 0.131 e. The molecule has 94 valence electrons. The molecule has 0 bridgehead atoms. The van der Waals surface area contributed by atoms with E-state index < -0.39 is 0 Å². The van der Waals surface area contributed by atoms with Gasteiger partial charge in [0.05, 0.1) is 6.61 Å². The highest BCUT2D eigenvalue weighted by atomic mass is 16.5. The van der Waals surface area contributed by atoms with Gasteiger partial charge in [0.2, 0.25) is 0 Å². The molecule has 17 heavy (non-hydrogen) atoms. The van der Waals surface area contributed by atoms with E-state index in [0.717, 1.165) is 37.7 Å². The van der Waals surface area contributed by atoms with Crippen LogP contribution in [0.4, 0.5) is 11.6 Å². The van der Waals surface area contributed by atoms with Crippen molar-refractivity contribution in [3.63, 3.8) is 0 Å². The molecule has 1 aromatic rings. The average molecular weight is 237 g/mol. The normalized spacial score (nSPS) is 19.2. The van der Waals surface area contributed by atoms with Crippen molar-refractivity contribution < 1.29 is 4.74 Å². The Morgan fingerprint density at radius 3 is 3.12 bits per heavy atom. The quantitative estimate of drug-likeness (QED) is 0.619. The first kappa shape index (κ1) is 12.1. The highest BCUT2D eigenvalue weighted by Crippen LogP contribution is 2.11. The molecular weight excluding hydrogens is 218 g/mol. The van der Waals surface area contributed by atoms with Gasteiger partial charge in [0.1, 0.15) is 18.0 Å². The Labute approximate surface area is 101 Å². The fourth-order valence-electron chi connectivity index (χ4n) is 1.80. The first-order chi connectivity index (χ1) is 8.38. The Balaban J connectivity index is 1.86. The topological polar surface area (TPSA) is 71.1 Å². The zero-order chi connectivity index (χ0) is 11.9. The van der Waals surface area contributed by atoms with Crippen LogP contribution in [0.1, 0.15) is 6.42 Å². The summed E-state index contributed by atoms with van der Waals surface area (Å²) < 4.78 is 4.97. The number of hydrogen-bond donors (Lipinski definition) is 3. The maximum atomic E-state index is 4.97. The van der Waals surface area contributed by atoms with Crippen LogP contribution in [-0.4, -0.2) is 49.4 Å². The second-order valence-corrected chi connectivity index (χ2v) is 4.04. The van der Waals surface area contributed by atoms with Gasteiger partial charge in [0.15, 0.2) is 0 Å². The molecule has 0 aromatic carbocycles. The van der Waals surface area contributed by atoms with Crippen LogP contribution in [0.15, 0.2) is 12.4 Å². The van der Waals surface area contributed by atoms with Crippen molar-refractivity contribution in [2.75, 3.05) is 44.0 Å². The lowest BCUT2D eigenvalue weighted by molar-refractivity contribution is 0.210. The number of nitrogens with zero attached hydrogens (tertiary/aromatic N) is 2. The van der Waals surface area contributed by atoms with E-state index in [0.29, 0.717) is 12.6 Å². The number of hydrogen-bond acceptors (Lipinski definition) is 6. The fourth-order valence-corrected chi connectivity index (χ4v) is 1.80. The maximum absolute atomic E-state index is 4.97. The van der Waals surface area contributed by atoms with Crippen molar-refractivity contribution in [3.05, 3.63) is 12.4 Å². The Hall–Kier alpha value is -1.40. The van der Waals surface area contributed by atoms with Gasteiger partial charge in [-0.2, -0.15) is 0 Å². The SMILES string of the molecule is COCCNc1cc(N[C@H]2CCNC2)ncn1. The number of nitrogens with one attached hydrogen (secondary N) is 3. The molecule has 6 heteroatoms. The highest BCUT2D eigenvalue weighted by Gasteiger charge is 2.14. The predicted octanol–water partition coefficient (Wildman–Crippen LogP) is 0.309. The van der Waals surface area contributed by atoms with Crippen LogP contribution >= 0.6 is 0 Å². The number of methoxy groups -OCH3 is 1. The van der Waals surface area contributed by atoms with Crippen molar-refractivity contribution in [2.24, 2.45) is 0 Å². The van der Waals surface area contributed by atoms with Crippen molar-refractivity contribution in [1.82, 2.24) is 15.3 Å². The third-order valence-corrected chi connectivity index (χ3v) is 2.69. The van der Waals surface area contributed by atoms with E-state index in [1.54, 1.807) is 13.4 Å². The van der Waals surface area contributed by atoms with Crippen LogP contribution < -0.4 is 16.0 Å². The first-order valence-corrected chi connectivity index (χ1v) is 5.90. The molecular formula is C11H19N5O. The summed E-state index contributed by atoms with van der Waals surface area (Å²) in [5.74, 6) is 1.69. The van der Waals surface area contributed by atoms with Crippen molar-refractivity contribution in [2.45, 2.75) is 12.5 Å². The van der Waals surface area contributed by atoms with Crippen molar-refractivity contribution in [1.29, 1.82) is 0 Å². The third-order valence-electron chi connectivity index (χ3n) is 2.69.